The third-order valence-corrected chi connectivity index (χ3v) is 6.30. The van der Waals surface area contributed by atoms with E-state index in [0.29, 0.717) is 25.2 Å². The van der Waals surface area contributed by atoms with E-state index in [1.807, 2.05) is 37.3 Å². The van der Waals surface area contributed by atoms with E-state index in [4.69, 9.17) is 0 Å². The van der Waals surface area contributed by atoms with Crippen molar-refractivity contribution in [3.63, 3.8) is 0 Å². The van der Waals surface area contributed by atoms with E-state index in [1.165, 1.54) is 12.1 Å². The van der Waals surface area contributed by atoms with E-state index < -0.39 is 23.0 Å². The van der Waals surface area contributed by atoms with Crippen molar-refractivity contribution in [1.82, 2.24) is 10.2 Å². The van der Waals surface area contributed by atoms with Crippen LogP contribution in [0.5, 0.6) is 0 Å². The van der Waals surface area contributed by atoms with Gasteiger partial charge in [0.2, 0.25) is 11.8 Å². The zero-order chi connectivity index (χ0) is 20.6. The molecule has 0 radical (unpaired) electrons. The predicted molar refractivity (Wildman–Crippen MR) is 105 cm³/mol. The summed E-state index contributed by atoms with van der Waals surface area (Å²) in [5.41, 5.74) is 0.971. The van der Waals surface area contributed by atoms with E-state index in [1.54, 1.807) is 4.90 Å². The Morgan fingerprint density at radius 3 is 2.59 bits per heavy atom. The molecule has 152 valence electrons. The van der Waals surface area contributed by atoms with Gasteiger partial charge in [-0.25, -0.2) is 8.78 Å². The van der Waals surface area contributed by atoms with Gasteiger partial charge in [-0.1, -0.05) is 43.3 Å². The molecule has 29 heavy (non-hydrogen) atoms. The number of carbonyl (C=O) groups excluding carboxylic acids is 2. The monoisotopic (exact) mass is 398 g/mol. The molecule has 0 aromatic heterocycles. The van der Waals surface area contributed by atoms with Crippen LogP contribution >= 0.6 is 0 Å². The van der Waals surface area contributed by atoms with Crippen LogP contribution in [0, 0.1) is 23.5 Å². The number of hydrogen-bond donors (Lipinski definition) is 1. The van der Waals surface area contributed by atoms with Gasteiger partial charge in [0.05, 0.1) is 5.92 Å². The molecule has 0 bridgehead atoms. The highest BCUT2D eigenvalue weighted by molar-refractivity contribution is 5.89. The van der Waals surface area contributed by atoms with Crippen LogP contribution < -0.4 is 5.32 Å². The number of benzene rings is 2. The van der Waals surface area contributed by atoms with Crippen molar-refractivity contribution in [3.05, 3.63) is 71.3 Å². The maximum absolute atomic E-state index is 14.3. The first-order valence-electron chi connectivity index (χ1n) is 9.94. The molecule has 4 rings (SSSR count). The molecule has 1 heterocycles. The molecule has 2 amide bonds. The Hall–Kier alpha value is -2.76. The van der Waals surface area contributed by atoms with Crippen molar-refractivity contribution in [2.45, 2.75) is 31.7 Å². The minimum Gasteiger partial charge on any atom is -0.355 e. The molecular weight excluding hydrogens is 374 g/mol. The molecule has 1 aliphatic heterocycles. The molecule has 1 aliphatic carbocycles. The first-order valence-corrected chi connectivity index (χ1v) is 9.94. The molecule has 6 heteroatoms. The fraction of sp³-hybridized carbons (Fsp3) is 0.391. The lowest BCUT2D eigenvalue weighted by Crippen LogP contribution is -2.38. The summed E-state index contributed by atoms with van der Waals surface area (Å²) in [6.45, 7) is 3.16. The standard InChI is InChI=1S/C23H24F2N2O2/c1-15-11-23(15,19-8-7-18(24)10-20(19)25)14-26-22(29)17-9-21(28)27(13-17)12-16-5-3-2-4-6-16/h2-8,10,15,17H,9,11-14H2,1H3,(H,26,29). The van der Waals surface area contributed by atoms with Gasteiger partial charge in [0.15, 0.2) is 0 Å². The van der Waals surface area contributed by atoms with Gasteiger partial charge >= 0.3 is 0 Å². The number of nitrogens with one attached hydrogen (secondary N) is 1. The Morgan fingerprint density at radius 2 is 1.93 bits per heavy atom. The van der Waals surface area contributed by atoms with Crippen LogP contribution in [-0.4, -0.2) is 29.8 Å². The van der Waals surface area contributed by atoms with E-state index in [0.717, 1.165) is 18.1 Å². The van der Waals surface area contributed by atoms with Crippen molar-refractivity contribution in [2.24, 2.45) is 11.8 Å². The highest BCUT2D eigenvalue weighted by Gasteiger charge is 2.54. The van der Waals surface area contributed by atoms with E-state index >= 15 is 0 Å². The molecule has 1 N–H and O–H groups in total. The first kappa shape index (κ1) is 19.6. The average Bonchev–Trinajstić information content (AvgIpc) is 3.21. The smallest absolute Gasteiger partial charge is 0.225 e. The van der Waals surface area contributed by atoms with Gasteiger partial charge in [0.1, 0.15) is 11.6 Å². The number of likely N-dealkylation sites (tertiary alicyclic amines) is 1. The fourth-order valence-corrected chi connectivity index (χ4v) is 4.39. The molecule has 2 aliphatic rings. The zero-order valence-corrected chi connectivity index (χ0v) is 16.3. The number of rotatable bonds is 6. The number of halogens is 2. The van der Waals surface area contributed by atoms with Gasteiger partial charge in [-0.15, -0.1) is 0 Å². The molecule has 4 nitrogen and oxygen atoms in total. The van der Waals surface area contributed by atoms with Crippen LogP contribution in [0.4, 0.5) is 8.78 Å². The molecule has 2 fully saturated rings. The maximum atomic E-state index is 14.3. The van der Waals surface area contributed by atoms with Gasteiger partial charge in [-0.3, -0.25) is 9.59 Å². The Kier molecular flexibility index (Phi) is 5.11. The lowest BCUT2D eigenvalue weighted by atomic mass is 9.92. The molecule has 3 atom stereocenters. The predicted octanol–water partition coefficient (Wildman–Crippen LogP) is 3.41. The summed E-state index contributed by atoms with van der Waals surface area (Å²) >= 11 is 0. The molecule has 2 aromatic carbocycles. The lowest BCUT2D eigenvalue weighted by Gasteiger charge is -2.21. The van der Waals surface area contributed by atoms with Gasteiger partial charge in [0, 0.05) is 37.5 Å². The van der Waals surface area contributed by atoms with Crippen LogP contribution in [0.1, 0.15) is 30.9 Å². The van der Waals surface area contributed by atoms with Crippen LogP contribution in [-0.2, 0) is 21.5 Å². The second-order valence-corrected chi connectivity index (χ2v) is 8.26. The van der Waals surface area contributed by atoms with Crippen LogP contribution in [0.15, 0.2) is 48.5 Å². The second kappa shape index (κ2) is 7.58. The molecule has 0 spiro atoms. The van der Waals surface area contributed by atoms with E-state index in [2.05, 4.69) is 5.32 Å². The number of carbonyl (C=O) groups is 2. The summed E-state index contributed by atoms with van der Waals surface area (Å²) in [6.07, 6.45) is 0.922. The molecule has 1 saturated carbocycles. The summed E-state index contributed by atoms with van der Waals surface area (Å²) in [6, 6.07) is 13.3. The van der Waals surface area contributed by atoms with Crippen LogP contribution in [0.2, 0.25) is 0 Å². The lowest BCUT2D eigenvalue weighted by molar-refractivity contribution is -0.129. The van der Waals surface area contributed by atoms with Crippen LogP contribution in [0.25, 0.3) is 0 Å². The first-order chi connectivity index (χ1) is 13.9. The van der Waals surface area contributed by atoms with Gasteiger partial charge in [0.25, 0.3) is 0 Å². The third-order valence-electron chi connectivity index (χ3n) is 6.30. The minimum atomic E-state index is -0.610. The van der Waals surface area contributed by atoms with E-state index in [-0.39, 0.29) is 24.2 Å². The van der Waals surface area contributed by atoms with Crippen molar-refractivity contribution >= 4 is 11.8 Å². The molecule has 3 unspecified atom stereocenters. The summed E-state index contributed by atoms with van der Waals surface area (Å²) in [5.74, 6) is -1.61. The topological polar surface area (TPSA) is 49.4 Å². The Morgan fingerprint density at radius 1 is 1.21 bits per heavy atom. The fourth-order valence-electron chi connectivity index (χ4n) is 4.39. The highest BCUT2D eigenvalue weighted by atomic mass is 19.1. The Bertz CT molecular complexity index is 934. The zero-order valence-electron chi connectivity index (χ0n) is 16.3. The van der Waals surface area contributed by atoms with Crippen molar-refractivity contribution in [2.75, 3.05) is 13.1 Å². The van der Waals surface area contributed by atoms with Crippen LogP contribution in [0.3, 0.4) is 0 Å². The normalized spacial score (nSPS) is 25.9. The van der Waals surface area contributed by atoms with Gasteiger partial charge in [-0.2, -0.15) is 0 Å². The Labute approximate surface area is 168 Å². The largest absolute Gasteiger partial charge is 0.355 e. The molecule has 1 saturated heterocycles. The average molecular weight is 398 g/mol. The van der Waals surface area contributed by atoms with Gasteiger partial charge < -0.3 is 10.2 Å². The summed E-state index contributed by atoms with van der Waals surface area (Å²) in [7, 11) is 0. The van der Waals surface area contributed by atoms with Crippen molar-refractivity contribution in [3.8, 4) is 0 Å². The third kappa shape index (κ3) is 3.88. The number of hydrogen-bond acceptors (Lipinski definition) is 2. The molecule has 2 aromatic rings. The van der Waals surface area contributed by atoms with E-state index in [9.17, 15) is 18.4 Å². The highest BCUT2D eigenvalue weighted by Crippen LogP contribution is 2.54. The maximum Gasteiger partial charge on any atom is 0.225 e. The molecular formula is C23H24F2N2O2. The van der Waals surface area contributed by atoms with Crippen molar-refractivity contribution in [1.29, 1.82) is 0 Å². The summed E-state index contributed by atoms with van der Waals surface area (Å²) in [4.78, 5) is 26.7. The quantitative estimate of drug-likeness (QED) is 0.811. The number of nitrogens with zero attached hydrogens (tertiary/aromatic N) is 1. The summed E-state index contributed by atoms with van der Waals surface area (Å²) in [5, 5.41) is 2.92. The number of amides is 2. The summed E-state index contributed by atoms with van der Waals surface area (Å²) < 4.78 is 27.5. The van der Waals surface area contributed by atoms with Crippen molar-refractivity contribution < 1.29 is 18.4 Å². The van der Waals surface area contributed by atoms with Gasteiger partial charge in [-0.05, 0) is 29.5 Å². The minimum absolute atomic E-state index is 0.0342. The second-order valence-electron chi connectivity index (χ2n) is 8.26. The SMILES string of the molecule is CC1CC1(CNC(=O)C1CC(=O)N(Cc2ccccc2)C1)c1ccc(F)cc1F. The Balaban J connectivity index is 1.38.